The molecule has 0 amide bonds. The first kappa shape index (κ1) is 12.8. The number of amidine groups is 1. The average molecular weight is 269 g/mol. The van der Waals surface area contributed by atoms with Crippen LogP contribution in [0.1, 0.15) is 25.8 Å². The fourth-order valence-electron chi connectivity index (χ4n) is 1.92. The summed E-state index contributed by atoms with van der Waals surface area (Å²) in [5.41, 5.74) is 1.15. The second-order valence-corrected chi connectivity index (χ2v) is 6.32. The lowest BCUT2D eigenvalue weighted by Gasteiger charge is -2.26. The second-order valence-electron chi connectivity index (χ2n) is 4.46. The van der Waals surface area contributed by atoms with Gasteiger partial charge in [-0.25, -0.2) is 0 Å². The lowest BCUT2D eigenvalue weighted by molar-refractivity contribution is 0.597. The zero-order chi connectivity index (χ0) is 12.3. The fraction of sp³-hybridized carbons (Fsp3) is 0.462. The van der Waals surface area contributed by atoms with Crippen molar-refractivity contribution in [2.45, 2.75) is 38.1 Å². The SMILES string of the molecule is CC1CC(C)SC(=NCc2cccc(Cl)c2)N1. The number of hydrogen-bond acceptors (Lipinski definition) is 2. The zero-order valence-corrected chi connectivity index (χ0v) is 11.7. The van der Waals surface area contributed by atoms with E-state index >= 15 is 0 Å². The quantitative estimate of drug-likeness (QED) is 0.885. The highest BCUT2D eigenvalue weighted by molar-refractivity contribution is 8.14. The summed E-state index contributed by atoms with van der Waals surface area (Å²) in [6, 6.07) is 8.38. The molecule has 1 fully saturated rings. The topological polar surface area (TPSA) is 24.4 Å². The Morgan fingerprint density at radius 3 is 3.00 bits per heavy atom. The standard InChI is InChI=1S/C13H17ClN2S/c1-9-6-10(2)17-13(16-9)15-8-11-4-3-5-12(14)7-11/h3-5,7,9-10H,6,8H2,1-2H3,(H,15,16). The highest BCUT2D eigenvalue weighted by Gasteiger charge is 2.19. The van der Waals surface area contributed by atoms with Crippen LogP contribution in [-0.2, 0) is 6.54 Å². The lowest BCUT2D eigenvalue weighted by Crippen LogP contribution is -2.38. The van der Waals surface area contributed by atoms with E-state index in [1.54, 1.807) is 0 Å². The van der Waals surface area contributed by atoms with E-state index in [1.807, 2.05) is 30.0 Å². The van der Waals surface area contributed by atoms with Crippen LogP contribution in [0.3, 0.4) is 0 Å². The number of nitrogens with zero attached hydrogens (tertiary/aromatic N) is 1. The van der Waals surface area contributed by atoms with Gasteiger partial charge in [-0.1, -0.05) is 42.4 Å². The second kappa shape index (κ2) is 5.78. The molecule has 0 bridgehead atoms. The maximum absolute atomic E-state index is 5.94. The van der Waals surface area contributed by atoms with Crippen molar-refractivity contribution in [3.63, 3.8) is 0 Å². The third-order valence-electron chi connectivity index (χ3n) is 2.66. The van der Waals surface area contributed by atoms with Gasteiger partial charge in [0.25, 0.3) is 0 Å². The number of hydrogen-bond donors (Lipinski definition) is 1. The molecule has 2 nitrogen and oxygen atoms in total. The van der Waals surface area contributed by atoms with Crippen LogP contribution in [0.25, 0.3) is 0 Å². The number of nitrogens with one attached hydrogen (secondary N) is 1. The van der Waals surface area contributed by atoms with E-state index in [2.05, 4.69) is 30.2 Å². The Hall–Kier alpha value is -0.670. The molecule has 1 aromatic carbocycles. The van der Waals surface area contributed by atoms with Gasteiger partial charge in [-0.3, -0.25) is 4.99 Å². The van der Waals surface area contributed by atoms with Crippen LogP contribution in [0.4, 0.5) is 0 Å². The largest absolute Gasteiger partial charge is 0.362 e. The normalized spacial score (nSPS) is 26.9. The molecule has 0 aromatic heterocycles. The van der Waals surface area contributed by atoms with Crippen LogP contribution in [0, 0.1) is 0 Å². The predicted molar refractivity (Wildman–Crippen MR) is 76.9 cm³/mol. The van der Waals surface area contributed by atoms with Gasteiger partial charge in [-0.2, -0.15) is 0 Å². The van der Waals surface area contributed by atoms with Crippen LogP contribution >= 0.6 is 23.4 Å². The van der Waals surface area contributed by atoms with E-state index in [-0.39, 0.29) is 0 Å². The van der Waals surface area contributed by atoms with Crippen LogP contribution < -0.4 is 5.32 Å². The van der Waals surface area contributed by atoms with Gasteiger partial charge in [-0.05, 0) is 31.0 Å². The smallest absolute Gasteiger partial charge is 0.157 e. The Bertz CT molecular complexity index is 408. The summed E-state index contributed by atoms with van der Waals surface area (Å²) in [7, 11) is 0. The van der Waals surface area contributed by atoms with Gasteiger partial charge in [0.05, 0.1) is 6.54 Å². The van der Waals surface area contributed by atoms with Crippen LogP contribution in [0.15, 0.2) is 29.3 Å². The minimum absolute atomic E-state index is 0.518. The first-order chi connectivity index (χ1) is 8.13. The van der Waals surface area contributed by atoms with Crippen molar-refractivity contribution < 1.29 is 0 Å². The van der Waals surface area contributed by atoms with E-state index in [0.29, 0.717) is 17.8 Å². The van der Waals surface area contributed by atoms with Gasteiger partial charge in [0, 0.05) is 16.3 Å². The molecule has 2 atom stereocenters. The van der Waals surface area contributed by atoms with Crippen molar-refractivity contribution in [1.29, 1.82) is 0 Å². The third-order valence-corrected chi connectivity index (χ3v) is 3.96. The first-order valence-electron chi connectivity index (χ1n) is 5.85. The molecule has 17 heavy (non-hydrogen) atoms. The van der Waals surface area contributed by atoms with Crippen LogP contribution in [-0.4, -0.2) is 16.5 Å². The summed E-state index contributed by atoms with van der Waals surface area (Å²) in [6.45, 7) is 5.14. The molecule has 1 aromatic rings. The molecule has 0 radical (unpaired) electrons. The van der Waals surface area contributed by atoms with Gasteiger partial charge in [-0.15, -0.1) is 0 Å². The summed E-state index contributed by atoms with van der Waals surface area (Å²) in [4.78, 5) is 4.61. The Morgan fingerprint density at radius 2 is 2.29 bits per heavy atom. The summed E-state index contributed by atoms with van der Waals surface area (Å²) >= 11 is 7.76. The Labute approximate surface area is 112 Å². The van der Waals surface area contributed by atoms with Crippen molar-refractivity contribution in [3.8, 4) is 0 Å². The van der Waals surface area contributed by atoms with Crippen molar-refractivity contribution in [2.75, 3.05) is 0 Å². The Balaban J connectivity index is 2.00. The van der Waals surface area contributed by atoms with Crippen LogP contribution in [0.5, 0.6) is 0 Å². The average Bonchev–Trinajstić information content (AvgIpc) is 2.25. The van der Waals surface area contributed by atoms with E-state index < -0.39 is 0 Å². The van der Waals surface area contributed by atoms with E-state index in [0.717, 1.165) is 15.8 Å². The molecular formula is C13H17ClN2S. The molecule has 1 heterocycles. The molecule has 1 saturated heterocycles. The first-order valence-corrected chi connectivity index (χ1v) is 7.11. The van der Waals surface area contributed by atoms with E-state index in [1.165, 1.54) is 6.42 Å². The minimum Gasteiger partial charge on any atom is -0.362 e. The fourth-order valence-corrected chi connectivity index (χ4v) is 3.31. The number of rotatable bonds is 2. The van der Waals surface area contributed by atoms with Crippen molar-refractivity contribution in [3.05, 3.63) is 34.9 Å². The molecule has 92 valence electrons. The summed E-state index contributed by atoms with van der Waals surface area (Å²) in [5.74, 6) is 0. The summed E-state index contributed by atoms with van der Waals surface area (Å²) < 4.78 is 0. The number of aliphatic imine (C=N–C) groups is 1. The highest BCUT2D eigenvalue weighted by atomic mass is 35.5. The molecule has 1 N–H and O–H groups in total. The monoisotopic (exact) mass is 268 g/mol. The molecule has 1 aliphatic rings. The van der Waals surface area contributed by atoms with Gasteiger partial charge >= 0.3 is 0 Å². The highest BCUT2D eigenvalue weighted by Crippen LogP contribution is 2.22. The number of halogens is 1. The molecule has 2 rings (SSSR count). The van der Waals surface area contributed by atoms with Gasteiger partial charge in [0.15, 0.2) is 5.17 Å². The minimum atomic E-state index is 0.518. The van der Waals surface area contributed by atoms with Crippen molar-refractivity contribution in [1.82, 2.24) is 5.32 Å². The van der Waals surface area contributed by atoms with Gasteiger partial charge < -0.3 is 5.32 Å². The maximum atomic E-state index is 5.94. The maximum Gasteiger partial charge on any atom is 0.157 e. The summed E-state index contributed by atoms with van der Waals surface area (Å²) in [5, 5.41) is 5.88. The molecule has 0 saturated carbocycles. The van der Waals surface area contributed by atoms with Crippen molar-refractivity contribution in [2.24, 2.45) is 4.99 Å². The molecule has 0 aliphatic carbocycles. The van der Waals surface area contributed by atoms with Gasteiger partial charge in [0.1, 0.15) is 0 Å². The zero-order valence-electron chi connectivity index (χ0n) is 10.1. The number of benzene rings is 1. The van der Waals surface area contributed by atoms with E-state index in [9.17, 15) is 0 Å². The molecule has 4 heteroatoms. The van der Waals surface area contributed by atoms with Gasteiger partial charge in [0.2, 0.25) is 0 Å². The summed E-state index contributed by atoms with van der Waals surface area (Å²) in [6.07, 6.45) is 1.20. The van der Waals surface area contributed by atoms with E-state index in [4.69, 9.17) is 11.6 Å². The van der Waals surface area contributed by atoms with Crippen molar-refractivity contribution >= 4 is 28.5 Å². The predicted octanol–water partition coefficient (Wildman–Crippen LogP) is 3.70. The molecular weight excluding hydrogens is 252 g/mol. The number of thioether (sulfide) groups is 1. The Kier molecular flexibility index (Phi) is 4.35. The molecule has 2 unspecified atom stereocenters. The molecule has 1 aliphatic heterocycles. The lowest BCUT2D eigenvalue weighted by atomic mass is 10.2. The third kappa shape index (κ3) is 3.93. The van der Waals surface area contributed by atoms with Crippen LogP contribution in [0.2, 0.25) is 5.02 Å². The Morgan fingerprint density at radius 1 is 1.47 bits per heavy atom. The molecule has 0 spiro atoms.